The zero-order valence-electron chi connectivity index (χ0n) is 80.0. The van der Waals surface area contributed by atoms with Gasteiger partial charge in [-0.25, -0.2) is 56.7 Å². The fourth-order valence-electron chi connectivity index (χ4n) is 19.6. The Bertz CT molecular complexity index is 7460. The van der Waals surface area contributed by atoms with E-state index < -0.39 is 78.8 Å². The molecule has 4 aliphatic rings. The second-order valence-corrected chi connectivity index (χ2v) is 39.4. The molecule has 15 heterocycles. The minimum Gasteiger partial charge on any atom is -0.479 e. The number of fused-ring (bicyclic) bond motifs is 4. The van der Waals surface area contributed by atoms with E-state index in [1.54, 1.807) is 95.6 Å². The molecule has 0 amide bonds. The van der Waals surface area contributed by atoms with E-state index in [0.717, 1.165) is 123 Å². The van der Waals surface area contributed by atoms with Crippen molar-refractivity contribution in [3.8, 4) is 89.5 Å². The summed E-state index contributed by atoms with van der Waals surface area (Å²) in [5.74, 6) is -5.67. The van der Waals surface area contributed by atoms with E-state index in [4.69, 9.17) is 80.9 Å². The predicted octanol–water partition coefficient (Wildman–Crippen LogP) is 18.8. The summed E-state index contributed by atoms with van der Waals surface area (Å²) in [5, 5.41) is 79.2. The highest BCUT2D eigenvalue weighted by atomic mass is 79.9. The highest BCUT2D eigenvalue weighted by Crippen LogP contribution is 2.49. The van der Waals surface area contributed by atoms with E-state index in [-0.39, 0.29) is 36.9 Å². The van der Waals surface area contributed by atoms with Gasteiger partial charge >= 0.3 is 23.9 Å². The number of nitrogen functional groups attached to an aromatic ring is 4. The minimum atomic E-state index is -1.85. The van der Waals surface area contributed by atoms with Crippen LogP contribution < -0.4 is 22.9 Å². The summed E-state index contributed by atoms with van der Waals surface area (Å²) < 4.78 is 88.3. The Morgan fingerprint density at radius 3 is 1.06 bits per heavy atom. The van der Waals surface area contributed by atoms with Crippen molar-refractivity contribution in [2.24, 2.45) is 23.7 Å². The molecule has 36 nitrogen and oxygen atoms in total. The van der Waals surface area contributed by atoms with Crippen LogP contribution in [0.4, 0.5) is 40.8 Å². The average molecular weight is 2230 g/mol. The van der Waals surface area contributed by atoms with Gasteiger partial charge in [0.15, 0.2) is 47.3 Å². The Kier molecular flexibility index (Phi) is 30.8. The molecule has 0 aliphatic heterocycles. The molecule has 15 aromatic heterocycles. The van der Waals surface area contributed by atoms with Crippen molar-refractivity contribution < 1.29 is 69.8 Å². The topological polar surface area (TPSA) is 516 Å². The Labute approximate surface area is 857 Å². The Balaban J connectivity index is 0.000000133. The minimum absolute atomic E-state index is 0.00950. The molecule has 4 saturated carbocycles. The number of nitrogens with two attached hydrogens (primary N) is 4. The molecule has 748 valence electrons. The number of benzene rings is 1. The van der Waals surface area contributed by atoms with E-state index in [9.17, 15) is 36.7 Å². The normalized spacial score (nSPS) is 19.2. The van der Waals surface area contributed by atoms with Crippen LogP contribution in [-0.2, 0) is 37.0 Å². The molecule has 13 N–H and O–H groups in total. The molecule has 1 aromatic carbocycles. The van der Waals surface area contributed by atoms with Crippen molar-refractivity contribution in [1.29, 1.82) is 0 Å². The van der Waals surface area contributed by atoms with E-state index in [1.807, 2.05) is 99.2 Å². The van der Waals surface area contributed by atoms with Gasteiger partial charge in [-0.3, -0.25) is 29.3 Å². The lowest BCUT2D eigenvalue weighted by Gasteiger charge is -2.29. The molecule has 20 rings (SSSR count). The number of rotatable bonds is 26. The number of halogens is 8. The van der Waals surface area contributed by atoms with E-state index >= 15 is 0 Å². The predicted molar refractivity (Wildman–Crippen MR) is 544 cm³/mol. The molecule has 0 saturated heterocycles. The van der Waals surface area contributed by atoms with Gasteiger partial charge < -0.3 is 53.2 Å². The maximum absolute atomic E-state index is 14.0. The first-order valence-electron chi connectivity index (χ1n) is 47.9. The maximum atomic E-state index is 14.0. The van der Waals surface area contributed by atoms with Crippen LogP contribution in [0.3, 0.4) is 0 Å². The van der Waals surface area contributed by atoms with Gasteiger partial charge in [0.05, 0.1) is 142 Å². The number of nitrogens with zero attached hydrogens (tertiary/aromatic N) is 22. The van der Waals surface area contributed by atoms with Crippen LogP contribution in [0.25, 0.3) is 112 Å². The molecule has 4 aliphatic carbocycles. The van der Waals surface area contributed by atoms with Gasteiger partial charge in [0, 0.05) is 158 Å². The molecular formula is C100H102Br4F4N26O10. The van der Waals surface area contributed by atoms with Crippen molar-refractivity contribution in [2.45, 2.75) is 185 Å². The largest absolute Gasteiger partial charge is 0.479 e. The van der Waals surface area contributed by atoms with Crippen molar-refractivity contribution in [1.82, 2.24) is 108 Å². The molecule has 0 spiro atoms. The second kappa shape index (κ2) is 44.8. The van der Waals surface area contributed by atoms with Crippen LogP contribution in [0.1, 0.15) is 170 Å². The zero-order valence-corrected chi connectivity index (χ0v) is 84.4. The molecule has 4 atom stereocenters. The van der Waals surface area contributed by atoms with E-state index in [1.165, 1.54) is 6.92 Å². The van der Waals surface area contributed by atoms with Gasteiger partial charge in [-0.2, -0.15) is 58.9 Å². The standard InChI is InChI=1S/C26H29BrFN7O3.C26H25BrFN5O2.C25H27BrFN7O3.C23H21BrFN7O2/c1-2-38-10-9-34-14-18(12-31-34)20-8-7-17(11-30-20)19-13-32-35-24(29)21(27)23(33-25(19)35)16-5-3-15(4-6-16)22(28)26(36)37;1-14-11-18(12-30-22(14)16-5-3-2-4-6-16)19-13-31-33-24(29)20(27)23(32-25(19)33)17-9-7-15(8-10-17)21(28)26(34)35;1-13-8-16(9-29-21(13)17-10-30-33(12-17)6-7-35)18-11-31-34-23(28)19(26)22(32-24(18)34)15-4-2-14(3-5-15)20(27)25(36)37;24-18-20(13-3-1-12(2-4-13)19(25)23(33)34)31-22-16(11-30-32(22)21(18)26)14-5-6-17(27-9-14)15-7-8-28-29-10-15/h7-8,11-16,22H,2-6,9-10,29H2,1H3,(H,36,37);2-6,11-13,15,17,21H,7-10,29H2,1H3,(H,34,35);8-12,14-15,20,35H,2-7,28H2,1H3,(H,36,37);5-13,19H,1-4,26H2,(H,33,34)/i2D2;;;. The summed E-state index contributed by atoms with van der Waals surface area (Å²) in [6, 6.07) is 23.6. The van der Waals surface area contributed by atoms with Crippen LogP contribution >= 0.6 is 63.7 Å². The van der Waals surface area contributed by atoms with Gasteiger partial charge in [-0.1, -0.05) is 42.5 Å². The quantitative estimate of drug-likeness (QED) is 0.0227. The number of aromatic nitrogens is 22. The summed E-state index contributed by atoms with van der Waals surface area (Å²) in [6.45, 7) is 4.70. The first-order valence-corrected chi connectivity index (χ1v) is 50.0. The monoisotopic (exact) mass is 2220 g/mol. The van der Waals surface area contributed by atoms with Crippen LogP contribution in [0.15, 0.2) is 177 Å². The number of carboxylic acids is 4. The number of aliphatic carboxylic acids is 4. The summed E-state index contributed by atoms with van der Waals surface area (Å²) in [5.41, 5.74) is 46.5. The lowest BCUT2D eigenvalue weighted by Crippen LogP contribution is -2.28. The first kappa shape index (κ1) is 99.2. The molecular weight excluding hydrogens is 2120 g/mol. The van der Waals surface area contributed by atoms with Gasteiger partial charge in [0.2, 0.25) is 0 Å². The number of aryl methyl sites for hydroxylation is 2. The lowest BCUT2D eigenvalue weighted by atomic mass is 9.78. The second-order valence-electron chi connectivity index (χ2n) is 36.3. The number of aliphatic hydroxyl groups is 1. The van der Waals surface area contributed by atoms with E-state index in [0.29, 0.717) is 180 Å². The Hall–Kier alpha value is -13.6. The highest BCUT2D eigenvalue weighted by Gasteiger charge is 2.40. The molecule has 4 fully saturated rings. The van der Waals surface area contributed by atoms with Crippen LogP contribution in [0.5, 0.6) is 0 Å². The summed E-state index contributed by atoms with van der Waals surface area (Å²) in [6.07, 6.45) is 25.8. The first-order chi connectivity index (χ1) is 70.1. The van der Waals surface area contributed by atoms with Gasteiger partial charge in [-0.15, -0.1) is 0 Å². The molecule has 144 heavy (non-hydrogen) atoms. The van der Waals surface area contributed by atoms with Crippen LogP contribution in [-0.4, -0.2) is 202 Å². The lowest BCUT2D eigenvalue weighted by molar-refractivity contribution is -0.146. The molecule has 0 radical (unpaired) electrons. The molecule has 44 heteroatoms. The van der Waals surface area contributed by atoms with Gasteiger partial charge in [-0.05, 0) is 229 Å². The third-order valence-corrected chi connectivity index (χ3v) is 30.7. The third-order valence-electron chi connectivity index (χ3n) is 27.4. The number of anilines is 4. The summed E-state index contributed by atoms with van der Waals surface area (Å²) in [4.78, 5) is 82.4. The highest BCUT2D eigenvalue weighted by molar-refractivity contribution is 9.11. The van der Waals surface area contributed by atoms with Crippen molar-refractivity contribution in [3.05, 3.63) is 211 Å². The SMILES string of the molecule is Cc1cc(-c2cnn3c(N)c(Br)c(C4CCC(C(F)C(=O)O)CC4)nc23)cnc1-c1ccccc1.Cc1cc(-c2cnn3c(N)c(Br)c(C4CCC(C(F)C(=O)O)CC4)nc23)cnc1-c1cnn(CCO)c1.Nc1c(Br)c(C2CCC(C(F)C(=O)O)CC2)nc2c(-c3ccc(-c4ccnnc4)nc3)cnn12.[2H]C([2H])(C)OCCn1cc(-c2ccc(-c3cnn4c(N)c(Br)c(C5CCC(C(F)C(=O)O)CC5)nc34)cn2)cn1. The number of hydrogen-bond acceptors (Lipinski definition) is 26. The Morgan fingerprint density at radius 2 is 0.729 bits per heavy atom. The number of carbonyl (C=O) groups is 4. The maximum Gasteiger partial charge on any atom is 0.338 e. The summed E-state index contributed by atoms with van der Waals surface area (Å²) in [7, 11) is 0. The molecule has 0 bridgehead atoms. The fraction of sp³-hybridized carbons (Fsp3) is 0.360. The van der Waals surface area contributed by atoms with Gasteiger partial charge in [0.25, 0.3) is 0 Å². The van der Waals surface area contributed by atoms with Crippen LogP contribution in [0.2, 0.25) is 0 Å². The van der Waals surface area contributed by atoms with Gasteiger partial charge in [0.1, 0.15) is 23.3 Å². The number of ether oxygens (including phenoxy) is 1. The molecule has 4 unspecified atom stereocenters. The van der Waals surface area contributed by atoms with E-state index in [2.05, 4.69) is 126 Å². The fourth-order valence-corrected chi connectivity index (χ4v) is 21.9. The molecule has 16 aromatic rings. The number of pyridine rings is 4. The number of alkyl halides is 4. The van der Waals surface area contributed by atoms with Crippen LogP contribution in [0, 0.1) is 37.5 Å². The third kappa shape index (κ3) is 21.6. The summed E-state index contributed by atoms with van der Waals surface area (Å²) >= 11 is 14.3. The number of aliphatic hydroxyl groups excluding tert-OH is 1. The van der Waals surface area contributed by atoms with Crippen molar-refractivity contribution in [3.63, 3.8) is 0 Å². The number of hydrogen-bond donors (Lipinski definition) is 9. The number of carboxylic acid groups (broad SMARTS) is 4. The van der Waals surface area contributed by atoms with Crippen molar-refractivity contribution in [2.75, 3.05) is 42.7 Å². The van der Waals surface area contributed by atoms with Crippen molar-refractivity contribution >= 4 is 133 Å². The Morgan fingerprint density at radius 1 is 0.396 bits per heavy atom. The zero-order chi connectivity index (χ0) is 103. The smallest absolute Gasteiger partial charge is 0.338 e. The average Bonchev–Trinajstić information content (AvgIpc) is 1.59.